The second kappa shape index (κ2) is 9.32. The van der Waals surface area contributed by atoms with Crippen LogP contribution in [-0.4, -0.2) is 42.5 Å². The second-order valence-corrected chi connectivity index (χ2v) is 8.78. The number of hydrogen-bond acceptors (Lipinski definition) is 5. The average molecular weight is 470 g/mol. The van der Waals surface area contributed by atoms with Crippen LogP contribution in [0.3, 0.4) is 0 Å². The molecule has 4 amide bonds. The third-order valence-electron chi connectivity index (χ3n) is 6.25. The van der Waals surface area contributed by atoms with Gasteiger partial charge in [-0.1, -0.05) is 39.0 Å². The van der Waals surface area contributed by atoms with E-state index in [-0.39, 0.29) is 18.4 Å². The van der Waals surface area contributed by atoms with E-state index in [1.54, 1.807) is 13.0 Å². The van der Waals surface area contributed by atoms with Crippen LogP contribution in [0, 0.1) is 11.7 Å². The van der Waals surface area contributed by atoms with Crippen molar-refractivity contribution >= 4 is 17.8 Å². The number of amides is 4. The van der Waals surface area contributed by atoms with Crippen LogP contribution in [0.4, 0.5) is 9.18 Å². The van der Waals surface area contributed by atoms with Gasteiger partial charge in [-0.25, -0.2) is 9.18 Å². The van der Waals surface area contributed by atoms with Crippen molar-refractivity contribution in [3.63, 3.8) is 0 Å². The van der Waals surface area contributed by atoms with E-state index in [0.717, 1.165) is 10.5 Å². The number of rotatable bonds is 7. The van der Waals surface area contributed by atoms with E-state index in [1.165, 1.54) is 24.3 Å². The Kier molecular flexibility index (Phi) is 6.45. The maximum absolute atomic E-state index is 13.4. The van der Waals surface area contributed by atoms with Gasteiger partial charge < -0.3 is 20.1 Å². The van der Waals surface area contributed by atoms with E-state index in [9.17, 15) is 18.8 Å². The largest absolute Gasteiger partial charge is 0.486 e. The van der Waals surface area contributed by atoms with Crippen molar-refractivity contribution in [1.82, 2.24) is 15.5 Å². The molecule has 2 aliphatic heterocycles. The highest BCUT2D eigenvalue weighted by Crippen LogP contribution is 2.35. The third kappa shape index (κ3) is 4.30. The van der Waals surface area contributed by atoms with Gasteiger partial charge in [-0.2, -0.15) is 0 Å². The molecule has 0 radical (unpaired) electrons. The fourth-order valence-corrected chi connectivity index (χ4v) is 4.39. The van der Waals surface area contributed by atoms with Crippen molar-refractivity contribution in [3.05, 3.63) is 59.4 Å². The van der Waals surface area contributed by atoms with Crippen LogP contribution in [0.25, 0.3) is 0 Å². The highest BCUT2D eigenvalue weighted by molar-refractivity contribution is 6.09. The number of urea groups is 1. The van der Waals surface area contributed by atoms with Crippen LogP contribution < -0.4 is 20.1 Å². The predicted octanol–water partition coefficient (Wildman–Crippen LogP) is 3.27. The minimum absolute atomic E-state index is 0.0311. The summed E-state index contributed by atoms with van der Waals surface area (Å²) in [6.07, 6.45) is 0.257. The zero-order chi connectivity index (χ0) is 24.5. The second-order valence-electron chi connectivity index (χ2n) is 8.78. The Morgan fingerprint density at radius 1 is 1.12 bits per heavy atom. The summed E-state index contributed by atoms with van der Waals surface area (Å²) in [5.41, 5.74) is -0.0359. The number of carbonyl (C=O) groups excluding carboxylic acids is 3. The van der Waals surface area contributed by atoms with E-state index >= 15 is 0 Å². The maximum Gasteiger partial charge on any atom is 0.325 e. The summed E-state index contributed by atoms with van der Waals surface area (Å²) in [7, 11) is 0. The highest BCUT2D eigenvalue weighted by atomic mass is 19.1. The predicted molar refractivity (Wildman–Crippen MR) is 122 cm³/mol. The van der Waals surface area contributed by atoms with Gasteiger partial charge in [-0.05, 0) is 47.7 Å². The van der Waals surface area contributed by atoms with Gasteiger partial charge in [0.1, 0.15) is 31.1 Å². The van der Waals surface area contributed by atoms with Gasteiger partial charge in [0, 0.05) is 0 Å². The van der Waals surface area contributed by atoms with Crippen molar-refractivity contribution in [2.75, 3.05) is 19.8 Å². The highest BCUT2D eigenvalue weighted by Gasteiger charge is 2.51. The molecule has 0 bridgehead atoms. The summed E-state index contributed by atoms with van der Waals surface area (Å²) in [5, 5.41) is 5.65. The Morgan fingerprint density at radius 2 is 1.79 bits per heavy atom. The van der Waals surface area contributed by atoms with Crippen LogP contribution in [0.1, 0.15) is 44.4 Å². The molecular formula is C25H28FN3O5. The van der Waals surface area contributed by atoms with Crippen LogP contribution in [0.15, 0.2) is 42.5 Å². The molecule has 2 aliphatic rings. The smallest absolute Gasteiger partial charge is 0.325 e. The van der Waals surface area contributed by atoms with Crippen molar-refractivity contribution in [2.24, 2.45) is 5.92 Å². The number of hydrogen-bond donors (Lipinski definition) is 2. The van der Waals surface area contributed by atoms with Crippen LogP contribution in [0.5, 0.6) is 11.5 Å². The van der Waals surface area contributed by atoms with E-state index in [2.05, 4.69) is 10.6 Å². The molecule has 2 atom stereocenters. The Hall–Kier alpha value is -3.62. The topological polar surface area (TPSA) is 97.0 Å². The first-order valence-corrected chi connectivity index (χ1v) is 11.3. The van der Waals surface area contributed by atoms with Gasteiger partial charge in [0.2, 0.25) is 5.91 Å². The van der Waals surface area contributed by atoms with Gasteiger partial charge >= 0.3 is 6.03 Å². The number of nitrogens with one attached hydrogen (secondary N) is 2. The molecule has 1 saturated heterocycles. The van der Waals surface area contributed by atoms with E-state index in [4.69, 9.17) is 9.47 Å². The van der Waals surface area contributed by atoms with Crippen LogP contribution in [0.2, 0.25) is 0 Å². The number of carbonyl (C=O) groups is 3. The standard InChI is InChI=1S/C25H28FN3O5/c1-4-25(17-6-8-18(26)9-7-17)23(31)29(24(32)28-25)14-21(30)27-22(15(2)3)16-5-10-19-20(13-16)34-12-11-33-19/h5-10,13,15,22H,4,11-12,14H2,1-3H3,(H,27,30)(H,28,32). The summed E-state index contributed by atoms with van der Waals surface area (Å²) in [6.45, 7) is 6.19. The Balaban J connectivity index is 1.50. The molecule has 180 valence electrons. The Bertz CT molecular complexity index is 1100. The minimum Gasteiger partial charge on any atom is -0.486 e. The molecule has 1 fully saturated rings. The summed E-state index contributed by atoms with van der Waals surface area (Å²) in [5.74, 6) is -0.152. The Labute approximate surface area is 197 Å². The number of imide groups is 1. The number of fused-ring (bicyclic) bond motifs is 1. The lowest BCUT2D eigenvalue weighted by atomic mass is 9.87. The fourth-order valence-electron chi connectivity index (χ4n) is 4.39. The van der Waals surface area contributed by atoms with Gasteiger partial charge in [0.05, 0.1) is 6.04 Å². The molecule has 2 heterocycles. The number of ether oxygens (including phenoxy) is 2. The van der Waals surface area contributed by atoms with Crippen LogP contribution in [-0.2, 0) is 15.1 Å². The summed E-state index contributed by atoms with van der Waals surface area (Å²) in [6, 6.07) is 9.90. The molecule has 0 aliphatic carbocycles. The Morgan fingerprint density at radius 3 is 2.44 bits per heavy atom. The van der Waals surface area contributed by atoms with E-state index < -0.39 is 35.7 Å². The first-order chi connectivity index (χ1) is 16.2. The lowest BCUT2D eigenvalue weighted by Crippen LogP contribution is -2.45. The van der Waals surface area contributed by atoms with Crippen LogP contribution >= 0.6 is 0 Å². The molecule has 2 aromatic rings. The lowest BCUT2D eigenvalue weighted by Gasteiger charge is -2.27. The molecule has 34 heavy (non-hydrogen) atoms. The molecule has 0 spiro atoms. The number of benzene rings is 2. The van der Waals surface area contributed by atoms with E-state index in [1.807, 2.05) is 26.0 Å². The summed E-state index contributed by atoms with van der Waals surface area (Å²) >= 11 is 0. The zero-order valence-electron chi connectivity index (χ0n) is 19.4. The average Bonchev–Trinajstić information content (AvgIpc) is 3.07. The normalized spacial score (nSPS) is 20.3. The third-order valence-corrected chi connectivity index (χ3v) is 6.25. The van der Waals surface area contributed by atoms with Crippen molar-refractivity contribution in [1.29, 1.82) is 0 Å². The van der Waals surface area contributed by atoms with Gasteiger partial charge in [0.15, 0.2) is 11.5 Å². The molecule has 2 unspecified atom stereocenters. The van der Waals surface area contributed by atoms with E-state index in [0.29, 0.717) is 30.3 Å². The maximum atomic E-state index is 13.4. The van der Waals surface area contributed by atoms with Gasteiger partial charge in [-0.3, -0.25) is 14.5 Å². The lowest BCUT2D eigenvalue weighted by molar-refractivity contribution is -0.135. The number of halogens is 1. The SMILES string of the molecule is CCC1(c2ccc(F)cc2)NC(=O)N(CC(=O)NC(c2ccc3c(c2)OCCO3)C(C)C)C1=O. The molecule has 2 N–H and O–H groups in total. The summed E-state index contributed by atoms with van der Waals surface area (Å²) < 4.78 is 24.6. The molecule has 8 nitrogen and oxygen atoms in total. The fraction of sp³-hybridized carbons (Fsp3) is 0.400. The monoisotopic (exact) mass is 469 g/mol. The number of nitrogens with zero attached hydrogens (tertiary/aromatic N) is 1. The molecular weight excluding hydrogens is 441 g/mol. The zero-order valence-corrected chi connectivity index (χ0v) is 19.4. The first-order valence-electron chi connectivity index (χ1n) is 11.3. The van der Waals surface area contributed by atoms with Crippen molar-refractivity contribution in [2.45, 2.75) is 38.8 Å². The molecule has 4 rings (SSSR count). The molecule has 0 aromatic heterocycles. The van der Waals surface area contributed by atoms with Gasteiger partial charge in [0.25, 0.3) is 5.91 Å². The molecule has 2 aromatic carbocycles. The molecule has 0 saturated carbocycles. The van der Waals surface area contributed by atoms with Gasteiger partial charge in [-0.15, -0.1) is 0 Å². The van der Waals surface area contributed by atoms with Crippen molar-refractivity contribution < 1.29 is 28.2 Å². The minimum atomic E-state index is -1.33. The summed E-state index contributed by atoms with van der Waals surface area (Å²) in [4.78, 5) is 39.8. The molecule has 9 heteroatoms. The van der Waals surface area contributed by atoms with Crippen molar-refractivity contribution in [3.8, 4) is 11.5 Å². The first kappa shape index (κ1) is 23.5. The quantitative estimate of drug-likeness (QED) is 0.607.